The monoisotopic (exact) mass is 316 g/mol. The molecule has 21 heavy (non-hydrogen) atoms. The minimum Gasteiger partial charge on any atom is -0.481 e. The summed E-state index contributed by atoms with van der Waals surface area (Å²) in [7, 11) is -3.77. The highest BCUT2D eigenvalue weighted by Gasteiger charge is 2.32. The number of carboxylic acids is 1. The van der Waals surface area contributed by atoms with E-state index in [-0.39, 0.29) is 12.6 Å². The number of hydrogen-bond acceptors (Lipinski definition) is 4. The first-order chi connectivity index (χ1) is 9.81. The Bertz CT molecular complexity index is 611. The number of anilines is 1. The summed E-state index contributed by atoms with van der Waals surface area (Å²) in [4.78, 5) is 11.0. The molecule has 1 saturated heterocycles. The molecule has 1 aliphatic heterocycles. The Hall–Kier alpha value is -1.61. The van der Waals surface area contributed by atoms with E-state index in [4.69, 9.17) is 5.11 Å². The number of aromatic nitrogens is 2. The Kier molecular flexibility index (Phi) is 4.52. The predicted molar refractivity (Wildman–Crippen MR) is 77.1 cm³/mol. The van der Waals surface area contributed by atoms with Crippen molar-refractivity contribution in [3.8, 4) is 0 Å². The molecule has 0 spiro atoms. The fourth-order valence-electron chi connectivity index (χ4n) is 2.37. The first kappa shape index (κ1) is 15.8. The molecule has 0 amide bonds. The average Bonchev–Trinajstić information content (AvgIpc) is 2.86. The number of hydrogen-bond donors (Lipinski definition) is 2. The number of piperidine rings is 1. The van der Waals surface area contributed by atoms with E-state index in [1.54, 1.807) is 10.7 Å². The lowest BCUT2D eigenvalue weighted by molar-refractivity contribution is -0.142. The van der Waals surface area contributed by atoms with Crippen molar-refractivity contribution in [1.82, 2.24) is 14.1 Å². The number of nitrogens with one attached hydrogen (secondary N) is 1. The van der Waals surface area contributed by atoms with E-state index in [1.165, 1.54) is 10.5 Å². The number of carbonyl (C=O) groups is 1. The summed E-state index contributed by atoms with van der Waals surface area (Å²) in [5, 5.41) is 13.1. The van der Waals surface area contributed by atoms with Crippen molar-refractivity contribution in [2.24, 2.45) is 5.92 Å². The number of aliphatic carboxylic acids is 1. The summed E-state index contributed by atoms with van der Waals surface area (Å²) in [5.41, 5.74) is 0. The lowest BCUT2D eigenvalue weighted by Crippen LogP contribution is -2.45. The van der Waals surface area contributed by atoms with Gasteiger partial charge in [-0.3, -0.25) is 9.52 Å². The smallest absolute Gasteiger partial charge is 0.307 e. The molecule has 9 heteroatoms. The van der Waals surface area contributed by atoms with Crippen molar-refractivity contribution in [1.29, 1.82) is 0 Å². The number of carboxylic acid groups (broad SMARTS) is 1. The molecule has 1 atom stereocenters. The quantitative estimate of drug-likeness (QED) is 0.840. The maximum absolute atomic E-state index is 12.4. The highest BCUT2D eigenvalue weighted by Crippen LogP contribution is 2.21. The molecule has 2 rings (SSSR count). The summed E-state index contributed by atoms with van der Waals surface area (Å²) in [6.45, 7) is 4.12. The third-order valence-corrected chi connectivity index (χ3v) is 4.94. The van der Waals surface area contributed by atoms with Crippen LogP contribution in [0.25, 0.3) is 0 Å². The van der Waals surface area contributed by atoms with Gasteiger partial charge in [0.25, 0.3) is 0 Å². The topological polar surface area (TPSA) is 105 Å². The van der Waals surface area contributed by atoms with Gasteiger partial charge < -0.3 is 5.11 Å². The van der Waals surface area contributed by atoms with Crippen LogP contribution in [0, 0.1) is 5.92 Å². The van der Waals surface area contributed by atoms with Gasteiger partial charge in [0.2, 0.25) is 0 Å². The second-order valence-electron chi connectivity index (χ2n) is 5.40. The van der Waals surface area contributed by atoms with E-state index in [2.05, 4.69) is 9.82 Å². The van der Waals surface area contributed by atoms with E-state index >= 15 is 0 Å². The second kappa shape index (κ2) is 6.02. The van der Waals surface area contributed by atoms with Crippen molar-refractivity contribution in [2.75, 3.05) is 17.8 Å². The predicted octanol–water partition coefficient (Wildman–Crippen LogP) is 0.917. The average molecular weight is 316 g/mol. The van der Waals surface area contributed by atoms with Gasteiger partial charge in [-0.15, -0.1) is 0 Å². The Morgan fingerprint density at radius 2 is 2.24 bits per heavy atom. The van der Waals surface area contributed by atoms with Gasteiger partial charge in [-0.25, -0.2) is 4.68 Å². The van der Waals surface area contributed by atoms with Crippen LogP contribution in [0.4, 0.5) is 5.82 Å². The third kappa shape index (κ3) is 3.53. The maximum atomic E-state index is 12.4. The Morgan fingerprint density at radius 3 is 2.86 bits per heavy atom. The molecule has 1 unspecified atom stereocenters. The van der Waals surface area contributed by atoms with Crippen LogP contribution in [0.3, 0.4) is 0 Å². The van der Waals surface area contributed by atoms with Gasteiger partial charge in [0.15, 0.2) is 0 Å². The molecule has 1 fully saturated rings. The Morgan fingerprint density at radius 1 is 1.52 bits per heavy atom. The molecule has 8 nitrogen and oxygen atoms in total. The van der Waals surface area contributed by atoms with Gasteiger partial charge in [0.05, 0.1) is 12.1 Å². The van der Waals surface area contributed by atoms with Gasteiger partial charge in [-0.1, -0.05) is 0 Å². The molecule has 0 radical (unpaired) electrons. The molecule has 0 saturated carbocycles. The molecule has 1 aliphatic rings. The molecule has 1 aromatic rings. The molecule has 0 aliphatic carbocycles. The van der Waals surface area contributed by atoms with E-state index < -0.39 is 22.1 Å². The van der Waals surface area contributed by atoms with Crippen LogP contribution in [0.15, 0.2) is 12.3 Å². The lowest BCUT2D eigenvalue weighted by Gasteiger charge is -2.30. The lowest BCUT2D eigenvalue weighted by atomic mass is 10.0. The SMILES string of the molecule is CC(C)n1nccc1NS(=O)(=O)N1CCCC(C(=O)O)C1. The second-order valence-corrected chi connectivity index (χ2v) is 7.07. The fraction of sp³-hybridized carbons (Fsp3) is 0.667. The molecular formula is C12H20N4O4S. The van der Waals surface area contributed by atoms with Crippen LogP contribution in [-0.4, -0.2) is 46.7 Å². The standard InChI is InChI=1S/C12H20N4O4S/c1-9(2)16-11(5-6-13-16)14-21(19,20)15-7-3-4-10(8-15)12(17)18/h5-6,9-10,14H,3-4,7-8H2,1-2H3,(H,17,18). The molecule has 2 N–H and O–H groups in total. The van der Waals surface area contributed by atoms with E-state index in [9.17, 15) is 13.2 Å². The highest BCUT2D eigenvalue weighted by atomic mass is 32.2. The normalized spacial score (nSPS) is 20.6. The van der Waals surface area contributed by atoms with Crippen LogP contribution in [0.1, 0.15) is 32.7 Å². The van der Waals surface area contributed by atoms with Crippen molar-refractivity contribution in [2.45, 2.75) is 32.7 Å². The van der Waals surface area contributed by atoms with Crippen LogP contribution in [0.2, 0.25) is 0 Å². The van der Waals surface area contributed by atoms with E-state index in [1.807, 2.05) is 13.8 Å². The molecular weight excluding hydrogens is 296 g/mol. The number of rotatable bonds is 5. The van der Waals surface area contributed by atoms with Crippen molar-refractivity contribution in [3.05, 3.63) is 12.3 Å². The first-order valence-corrected chi connectivity index (χ1v) is 8.29. The Balaban J connectivity index is 2.14. The summed E-state index contributed by atoms with van der Waals surface area (Å²) >= 11 is 0. The molecule has 2 heterocycles. The fourth-order valence-corrected chi connectivity index (χ4v) is 3.67. The van der Waals surface area contributed by atoms with Gasteiger partial charge in [0.1, 0.15) is 5.82 Å². The molecule has 0 aromatic carbocycles. The Labute approximate surface area is 123 Å². The number of nitrogens with zero attached hydrogens (tertiary/aromatic N) is 3. The highest BCUT2D eigenvalue weighted by molar-refractivity contribution is 7.90. The van der Waals surface area contributed by atoms with Gasteiger partial charge in [-0.05, 0) is 26.7 Å². The molecule has 1 aromatic heterocycles. The van der Waals surface area contributed by atoms with E-state index in [0.717, 1.165) is 0 Å². The zero-order valence-corrected chi connectivity index (χ0v) is 12.9. The van der Waals surface area contributed by atoms with Crippen molar-refractivity contribution in [3.63, 3.8) is 0 Å². The largest absolute Gasteiger partial charge is 0.481 e. The van der Waals surface area contributed by atoms with Crippen molar-refractivity contribution < 1.29 is 18.3 Å². The summed E-state index contributed by atoms with van der Waals surface area (Å²) in [6.07, 6.45) is 2.57. The summed E-state index contributed by atoms with van der Waals surface area (Å²) in [6, 6.07) is 1.60. The minimum atomic E-state index is -3.77. The van der Waals surface area contributed by atoms with Crippen LogP contribution in [0.5, 0.6) is 0 Å². The first-order valence-electron chi connectivity index (χ1n) is 6.85. The summed E-state index contributed by atoms with van der Waals surface area (Å²) in [5.74, 6) is -1.23. The van der Waals surface area contributed by atoms with Crippen molar-refractivity contribution >= 4 is 22.0 Å². The summed E-state index contributed by atoms with van der Waals surface area (Å²) < 4.78 is 30.0. The van der Waals surface area contributed by atoms with E-state index in [0.29, 0.717) is 25.2 Å². The van der Waals surface area contributed by atoms with Gasteiger partial charge in [0, 0.05) is 25.2 Å². The zero-order chi connectivity index (χ0) is 15.6. The van der Waals surface area contributed by atoms with Crippen LogP contribution in [-0.2, 0) is 15.0 Å². The maximum Gasteiger partial charge on any atom is 0.307 e. The van der Waals surface area contributed by atoms with Gasteiger partial charge >= 0.3 is 16.2 Å². The van der Waals surface area contributed by atoms with Crippen LogP contribution >= 0.6 is 0 Å². The third-order valence-electron chi connectivity index (χ3n) is 3.47. The molecule has 118 valence electrons. The van der Waals surface area contributed by atoms with Crippen LogP contribution < -0.4 is 4.72 Å². The molecule has 0 bridgehead atoms. The minimum absolute atomic E-state index is 0.000479. The zero-order valence-electron chi connectivity index (χ0n) is 12.1. The van der Waals surface area contributed by atoms with Gasteiger partial charge in [-0.2, -0.15) is 17.8 Å².